The van der Waals surface area contributed by atoms with Crippen LogP contribution in [0.1, 0.15) is 30.9 Å². The number of hydrogen-bond acceptors (Lipinski definition) is 7. The molecule has 4 rings (SSSR count). The molecule has 1 heterocycles. The highest BCUT2D eigenvalue weighted by Crippen LogP contribution is 2.53. The second kappa shape index (κ2) is 10.6. The Kier molecular flexibility index (Phi) is 7.38. The van der Waals surface area contributed by atoms with E-state index in [0.717, 1.165) is 5.56 Å². The summed E-state index contributed by atoms with van der Waals surface area (Å²) in [7, 11) is 0. The molecule has 1 saturated heterocycles. The molecule has 0 amide bonds. The molecule has 1 fully saturated rings. The molecular weight excluding hydrogens is 458 g/mol. The summed E-state index contributed by atoms with van der Waals surface area (Å²) in [6, 6.07) is 23.9. The van der Waals surface area contributed by atoms with E-state index in [0.29, 0.717) is 17.0 Å². The minimum absolute atomic E-state index is 0.0579. The fraction of sp³-hybridized carbons (Fsp3) is 0.276. The summed E-state index contributed by atoms with van der Waals surface area (Å²) in [5.74, 6) is -2.69. The van der Waals surface area contributed by atoms with Crippen molar-refractivity contribution in [2.75, 3.05) is 18.1 Å². The average Bonchev–Trinajstić information content (AvgIpc) is 2.86. The third-order valence-electron chi connectivity index (χ3n) is 6.27. The minimum Gasteiger partial charge on any atom is -0.464 e. The number of carbonyl (C=O) groups excluding carboxylic acids is 3. The SMILES string of the molecule is CCOC(=O)C1(C(=O)OCC)C(c2ccccc2)C(C(=O)Oc2ccccc2)N1c1ccc(C)cc1. The molecule has 7 heteroatoms. The van der Waals surface area contributed by atoms with Gasteiger partial charge in [-0.1, -0.05) is 66.2 Å². The van der Waals surface area contributed by atoms with Crippen molar-refractivity contribution in [1.82, 2.24) is 0 Å². The van der Waals surface area contributed by atoms with Gasteiger partial charge in [0.05, 0.1) is 19.1 Å². The van der Waals surface area contributed by atoms with Gasteiger partial charge in [0.25, 0.3) is 0 Å². The Bertz CT molecular complexity index is 1190. The number of ether oxygens (including phenoxy) is 3. The number of nitrogens with zero attached hydrogens (tertiary/aromatic N) is 1. The Hall–Kier alpha value is -4.13. The molecule has 0 spiro atoms. The Labute approximate surface area is 210 Å². The van der Waals surface area contributed by atoms with E-state index >= 15 is 0 Å². The number of anilines is 1. The van der Waals surface area contributed by atoms with Crippen molar-refractivity contribution >= 4 is 23.6 Å². The summed E-state index contributed by atoms with van der Waals surface area (Å²) in [5, 5.41) is 0. The first-order valence-corrected chi connectivity index (χ1v) is 12.0. The molecule has 0 aliphatic carbocycles. The van der Waals surface area contributed by atoms with Gasteiger partial charge in [-0.2, -0.15) is 0 Å². The molecule has 3 aromatic rings. The standard InChI is InChI=1S/C29H29NO6/c1-4-34-27(32)29(28(33)35-5-2)24(21-12-8-6-9-13-21)25(26(31)36-23-14-10-7-11-15-23)30(29)22-18-16-20(3)17-19-22/h6-19,24-25H,4-5H2,1-3H3. The highest BCUT2D eigenvalue weighted by atomic mass is 16.6. The summed E-state index contributed by atoms with van der Waals surface area (Å²) >= 11 is 0. The van der Waals surface area contributed by atoms with E-state index < -0.39 is 35.4 Å². The van der Waals surface area contributed by atoms with Crippen LogP contribution in [0.4, 0.5) is 5.69 Å². The maximum absolute atomic E-state index is 13.7. The number of rotatable bonds is 8. The molecule has 2 unspecified atom stereocenters. The molecule has 3 aromatic carbocycles. The van der Waals surface area contributed by atoms with Crippen molar-refractivity contribution < 1.29 is 28.6 Å². The maximum Gasteiger partial charge on any atom is 0.344 e. The van der Waals surface area contributed by atoms with Gasteiger partial charge < -0.3 is 19.1 Å². The molecule has 1 aliphatic heterocycles. The summed E-state index contributed by atoms with van der Waals surface area (Å²) in [5.41, 5.74) is 0.198. The number of aryl methyl sites for hydroxylation is 1. The van der Waals surface area contributed by atoms with Crippen LogP contribution >= 0.6 is 0 Å². The van der Waals surface area contributed by atoms with Crippen LogP contribution in [0.15, 0.2) is 84.9 Å². The highest BCUT2D eigenvalue weighted by Gasteiger charge is 2.74. The number of hydrogen-bond donors (Lipinski definition) is 0. The van der Waals surface area contributed by atoms with Crippen molar-refractivity contribution in [3.63, 3.8) is 0 Å². The van der Waals surface area contributed by atoms with E-state index in [1.54, 1.807) is 74.5 Å². The van der Waals surface area contributed by atoms with Crippen molar-refractivity contribution in [2.45, 2.75) is 38.3 Å². The van der Waals surface area contributed by atoms with Crippen molar-refractivity contribution in [3.05, 3.63) is 96.1 Å². The molecule has 0 saturated carbocycles. The van der Waals surface area contributed by atoms with E-state index in [9.17, 15) is 14.4 Å². The molecular formula is C29H29NO6. The summed E-state index contributed by atoms with van der Waals surface area (Å²) in [4.78, 5) is 42.6. The van der Waals surface area contributed by atoms with Gasteiger partial charge >= 0.3 is 17.9 Å². The van der Waals surface area contributed by atoms with Crippen LogP contribution < -0.4 is 9.64 Å². The first-order valence-electron chi connectivity index (χ1n) is 12.0. The third kappa shape index (κ3) is 4.33. The minimum atomic E-state index is -1.91. The lowest BCUT2D eigenvalue weighted by Gasteiger charge is -2.59. The number of benzene rings is 3. The lowest BCUT2D eigenvalue weighted by atomic mass is 9.63. The van der Waals surface area contributed by atoms with Crippen molar-refractivity contribution in [1.29, 1.82) is 0 Å². The van der Waals surface area contributed by atoms with E-state index in [4.69, 9.17) is 14.2 Å². The molecule has 36 heavy (non-hydrogen) atoms. The normalized spacial score (nSPS) is 18.0. The number of esters is 3. The van der Waals surface area contributed by atoms with Crippen LogP contribution in [0.3, 0.4) is 0 Å². The second-order valence-corrected chi connectivity index (χ2v) is 8.48. The van der Waals surface area contributed by atoms with Crippen molar-refractivity contribution in [3.8, 4) is 5.75 Å². The summed E-state index contributed by atoms with van der Waals surface area (Å²) in [6.45, 7) is 5.39. The molecule has 186 valence electrons. The first-order chi connectivity index (χ1) is 17.4. The Morgan fingerprint density at radius 1 is 0.778 bits per heavy atom. The zero-order valence-electron chi connectivity index (χ0n) is 20.5. The Morgan fingerprint density at radius 2 is 1.31 bits per heavy atom. The van der Waals surface area contributed by atoms with Gasteiger partial charge in [0.1, 0.15) is 11.8 Å². The molecule has 0 N–H and O–H groups in total. The lowest BCUT2D eigenvalue weighted by Crippen LogP contribution is -2.81. The monoisotopic (exact) mass is 487 g/mol. The van der Waals surface area contributed by atoms with Gasteiger partial charge in [0, 0.05) is 5.69 Å². The largest absolute Gasteiger partial charge is 0.464 e. The number of para-hydroxylation sites is 1. The third-order valence-corrected chi connectivity index (χ3v) is 6.27. The van der Waals surface area contributed by atoms with Gasteiger partial charge in [0.2, 0.25) is 5.54 Å². The smallest absolute Gasteiger partial charge is 0.344 e. The zero-order chi connectivity index (χ0) is 25.7. The molecule has 1 aliphatic rings. The predicted octanol–water partition coefficient (Wildman–Crippen LogP) is 4.44. The van der Waals surface area contributed by atoms with E-state index in [1.807, 2.05) is 31.2 Å². The fourth-order valence-electron chi connectivity index (χ4n) is 4.74. The van der Waals surface area contributed by atoms with Crippen LogP contribution in [0.25, 0.3) is 0 Å². The molecule has 7 nitrogen and oxygen atoms in total. The first kappa shape index (κ1) is 25.0. The van der Waals surface area contributed by atoms with Gasteiger partial charge in [-0.05, 0) is 50.6 Å². The van der Waals surface area contributed by atoms with E-state index in [2.05, 4.69) is 0 Å². The van der Waals surface area contributed by atoms with Crippen LogP contribution in [0, 0.1) is 6.92 Å². The highest BCUT2D eigenvalue weighted by molar-refractivity contribution is 6.15. The summed E-state index contributed by atoms with van der Waals surface area (Å²) < 4.78 is 16.6. The van der Waals surface area contributed by atoms with Gasteiger partial charge in [-0.25, -0.2) is 14.4 Å². The van der Waals surface area contributed by atoms with Gasteiger partial charge in [-0.15, -0.1) is 0 Å². The maximum atomic E-state index is 13.7. The molecule has 0 bridgehead atoms. The Morgan fingerprint density at radius 3 is 1.83 bits per heavy atom. The predicted molar refractivity (Wildman–Crippen MR) is 135 cm³/mol. The molecule has 2 atom stereocenters. The topological polar surface area (TPSA) is 82.1 Å². The van der Waals surface area contributed by atoms with Gasteiger partial charge in [0.15, 0.2) is 0 Å². The summed E-state index contributed by atoms with van der Waals surface area (Å²) in [6.07, 6.45) is 0. The van der Waals surface area contributed by atoms with Crippen LogP contribution in [0.5, 0.6) is 5.75 Å². The zero-order valence-corrected chi connectivity index (χ0v) is 20.5. The lowest BCUT2D eigenvalue weighted by molar-refractivity contribution is -0.173. The van der Waals surface area contributed by atoms with Crippen LogP contribution in [0.2, 0.25) is 0 Å². The van der Waals surface area contributed by atoms with Crippen LogP contribution in [-0.2, 0) is 23.9 Å². The second-order valence-electron chi connectivity index (χ2n) is 8.48. The quantitative estimate of drug-likeness (QED) is 0.264. The Balaban J connectivity index is 1.92. The van der Waals surface area contributed by atoms with Gasteiger partial charge in [-0.3, -0.25) is 0 Å². The van der Waals surface area contributed by atoms with Crippen LogP contribution in [-0.4, -0.2) is 42.7 Å². The number of carbonyl (C=O) groups is 3. The molecule has 0 radical (unpaired) electrons. The molecule has 0 aromatic heterocycles. The fourth-order valence-corrected chi connectivity index (χ4v) is 4.74. The van der Waals surface area contributed by atoms with E-state index in [-0.39, 0.29) is 13.2 Å². The van der Waals surface area contributed by atoms with E-state index in [1.165, 1.54) is 4.90 Å². The average molecular weight is 488 g/mol. The van der Waals surface area contributed by atoms with Crippen molar-refractivity contribution in [2.24, 2.45) is 0 Å².